The van der Waals surface area contributed by atoms with E-state index in [1.54, 1.807) is 127 Å². The molecule has 7 rings (SSSR count). The Morgan fingerprint density at radius 3 is 0.976 bits per heavy atom. The third-order valence-electron chi connectivity index (χ3n) is 11.8. The Balaban J connectivity index is 0.000000203. The summed E-state index contributed by atoms with van der Waals surface area (Å²) in [5, 5.41) is 0. The van der Waals surface area contributed by atoms with Gasteiger partial charge in [-0.3, -0.25) is 0 Å². The third kappa shape index (κ3) is 7.52. The van der Waals surface area contributed by atoms with Crippen molar-refractivity contribution in [2.45, 2.75) is 161 Å². The van der Waals surface area contributed by atoms with Crippen LogP contribution in [0.4, 0.5) is 0 Å². The first-order valence-electron chi connectivity index (χ1n) is 18.1. The summed E-state index contributed by atoms with van der Waals surface area (Å²) < 4.78 is 0. The van der Waals surface area contributed by atoms with Crippen molar-refractivity contribution in [1.29, 1.82) is 0 Å². The monoisotopic (exact) mass is 623 g/mol. The summed E-state index contributed by atoms with van der Waals surface area (Å²) in [5.41, 5.74) is 4.53. The highest BCUT2D eigenvalue weighted by Gasteiger charge is 2.70. The molecule has 42 heavy (non-hydrogen) atoms. The van der Waals surface area contributed by atoms with Crippen LogP contribution < -0.4 is 4.86 Å². The minimum atomic E-state index is -0.953. The van der Waals surface area contributed by atoms with Crippen molar-refractivity contribution < 1.29 is 0 Å². The molecule has 4 aliphatic carbocycles. The maximum absolute atomic E-state index is 5.02. The molecule has 0 bridgehead atoms. The molecule has 0 aromatic heterocycles. The SMILES string of the molecule is C1CCC([P+]2(C3CCCCC3)CC[P+](C3CCCCC3)(C3CCCCC3)N2)CC1.c1ccc(Sc2ccccc2)cc1. The van der Waals surface area contributed by atoms with Crippen molar-refractivity contribution in [3.05, 3.63) is 60.7 Å². The van der Waals surface area contributed by atoms with E-state index in [0.717, 1.165) is 22.6 Å². The van der Waals surface area contributed by atoms with Crippen LogP contribution in [0.25, 0.3) is 0 Å². The summed E-state index contributed by atoms with van der Waals surface area (Å²) in [7, 11) is -1.91. The van der Waals surface area contributed by atoms with Crippen molar-refractivity contribution in [2.75, 3.05) is 12.3 Å². The van der Waals surface area contributed by atoms with Gasteiger partial charge in [-0.05, 0) is 127 Å². The van der Waals surface area contributed by atoms with Crippen LogP contribution in [0.15, 0.2) is 70.5 Å². The molecule has 1 aliphatic heterocycles. The highest BCUT2D eigenvalue weighted by atomic mass is 32.2. The molecule has 4 heteroatoms. The molecule has 2 aromatic rings. The van der Waals surface area contributed by atoms with Crippen molar-refractivity contribution >= 4 is 26.6 Å². The van der Waals surface area contributed by atoms with E-state index >= 15 is 0 Å². The van der Waals surface area contributed by atoms with Crippen LogP contribution in [0, 0.1) is 0 Å². The van der Waals surface area contributed by atoms with Crippen LogP contribution in [0.1, 0.15) is 128 Å². The minimum absolute atomic E-state index is 0.953. The molecule has 230 valence electrons. The van der Waals surface area contributed by atoms with Crippen molar-refractivity contribution in [1.82, 2.24) is 4.86 Å². The second-order valence-electron chi connectivity index (χ2n) is 14.3. The van der Waals surface area contributed by atoms with Crippen molar-refractivity contribution in [2.24, 2.45) is 0 Å². The molecule has 1 N–H and O–H groups in total. The van der Waals surface area contributed by atoms with E-state index in [1.807, 2.05) is 12.1 Å². The maximum atomic E-state index is 5.02. The van der Waals surface area contributed by atoms with Gasteiger partial charge in [0.2, 0.25) is 0 Å². The summed E-state index contributed by atoms with van der Waals surface area (Å²) in [6, 6.07) is 20.8. The molecule has 0 spiro atoms. The maximum Gasteiger partial charge on any atom is 0.128 e. The van der Waals surface area contributed by atoms with Gasteiger partial charge in [-0.15, -0.1) is 0 Å². The van der Waals surface area contributed by atoms with E-state index in [1.165, 1.54) is 35.5 Å². The van der Waals surface area contributed by atoms with Crippen molar-refractivity contribution in [3.8, 4) is 0 Å². The minimum Gasteiger partial charge on any atom is -0.0901 e. The Kier molecular flexibility index (Phi) is 11.8. The van der Waals surface area contributed by atoms with E-state index in [4.69, 9.17) is 4.86 Å². The normalized spacial score (nSPS) is 25.9. The molecule has 0 radical (unpaired) electrons. The van der Waals surface area contributed by atoms with E-state index in [9.17, 15) is 0 Å². The van der Waals surface area contributed by atoms with E-state index in [0.29, 0.717) is 0 Å². The van der Waals surface area contributed by atoms with Crippen molar-refractivity contribution in [3.63, 3.8) is 0 Å². The molecule has 5 aliphatic rings. The van der Waals surface area contributed by atoms with Crippen LogP contribution in [0.5, 0.6) is 0 Å². The molecule has 0 atom stereocenters. The van der Waals surface area contributed by atoms with Gasteiger partial charge in [0.25, 0.3) is 0 Å². The first-order valence-corrected chi connectivity index (χ1v) is 23.1. The predicted octanol–water partition coefficient (Wildman–Crippen LogP) is 12.6. The average Bonchev–Trinajstić information content (AvgIpc) is 3.51. The van der Waals surface area contributed by atoms with Gasteiger partial charge in [0.05, 0.1) is 22.6 Å². The predicted molar refractivity (Wildman–Crippen MR) is 191 cm³/mol. The van der Waals surface area contributed by atoms with Crippen LogP contribution in [0.3, 0.4) is 0 Å². The number of benzene rings is 2. The molecule has 4 saturated carbocycles. The topological polar surface area (TPSA) is 12.0 Å². The zero-order chi connectivity index (χ0) is 28.5. The summed E-state index contributed by atoms with van der Waals surface area (Å²) in [4.78, 5) is 7.59. The van der Waals surface area contributed by atoms with Crippen LogP contribution >= 0.6 is 26.6 Å². The number of hydrogen-bond acceptors (Lipinski definition) is 2. The summed E-state index contributed by atoms with van der Waals surface area (Å²) >= 11 is 1.79. The van der Waals surface area contributed by atoms with Gasteiger partial charge in [0.15, 0.2) is 0 Å². The second kappa shape index (κ2) is 15.7. The van der Waals surface area contributed by atoms with Gasteiger partial charge < -0.3 is 0 Å². The molecular weight excluding hydrogens is 564 g/mol. The molecule has 1 nitrogen and oxygen atoms in total. The Morgan fingerprint density at radius 1 is 0.405 bits per heavy atom. The Bertz CT molecular complexity index is 918. The second-order valence-corrected chi connectivity index (χ2v) is 23.8. The fourth-order valence-corrected chi connectivity index (χ4v) is 27.2. The molecule has 1 heterocycles. The van der Waals surface area contributed by atoms with Gasteiger partial charge in [0.1, 0.15) is 27.2 Å². The standard InChI is InChI=1S/C26H49NP2.C12H10S/c1-5-13-23(14-6-1)28(24-15-7-2-8-16-24)21-22-29(27-28,25-17-9-3-10-18-25)26-19-11-4-12-20-26;1-3-7-11(8-4-1)13-12-9-5-2-6-10-12/h23-27H,1-22H2;1-10H/q+2;. The first-order chi connectivity index (χ1) is 20.8. The fraction of sp³-hybridized carbons (Fsp3) is 0.684. The zero-order valence-corrected chi connectivity index (χ0v) is 29.0. The zero-order valence-electron chi connectivity index (χ0n) is 26.4. The lowest BCUT2D eigenvalue weighted by Crippen LogP contribution is -2.38. The molecular formula is C38H59NP2S+2. The Morgan fingerprint density at radius 2 is 0.690 bits per heavy atom. The average molecular weight is 624 g/mol. The lowest BCUT2D eigenvalue weighted by molar-refractivity contribution is 0.472. The number of nitrogens with one attached hydrogen (secondary N) is 1. The lowest BCUT2D eigenvalue weighted by atomic mass is 9.99. The summed E-state index contributed by atoms with van der Waals surface area (Å²) in [6.07, 6.45) is 34.8. The molecule has 2 aromatic carbocycles. The van der Waals surface area contributed by atoms with E-state index in [2.05, 4.69) is 48.5 Å². The molecule has 1 saturated heterocycles. The molecule has 5 fully saturated rings. The van der Waals surface area contributed by atoms with Gasteiger partial charge in [-0.1, -0.05) is 78.7 Å². The molecule has 0 unspecified atom stereocenters. The fourth-order valence-electron chi connectivity index (χ4n) is 9.71. The van der Waals surface area contributed by atoms with Gasteiger partial charge >= 0.3 is 0 Å². The Hall–Kier alpha value is -0.390. The Labute approximate surface area is 264 Å². The van der Waals surface area contributed by atoms with Gasteiger partial charge in [0, 0.05) is 9.79 Å². The van der Waals surface area contributed by atoms with Crippen LogP contribution in [-0.4, -0.2) is 35.0 Å². The number of rotatable bonds is 6. The van der Waals surface area contributed by atoms with Crippen LogP contribution in [0.2, 0.25) is 0 Å². The summed E-state index contributed by atoms with van der Waals surface area (Å²) in [6.45, 7) is 0. The van der Waals surface area contributed by atoms with Gasteiger partial charge in [-0.2, -0.15) is 0 Å². The number of hydrogen-bond donors (Lipinski definition) is 1. The highest BCUT2D eigenvalue weighted by molar-refractivity contribution is 7.99. The largest absolute Gasteiger partial charge is 0.128 e. The lowest BCUT2D eigenvalue weighted by Gasteiger charge is -2.43. The third-order valence-corrected chi connectivity index (χ3v) is 25.4. The summed E-state index contributed by atoms with van der Waals surface area (Å²) in [5.74, 6) is 0. The van der Waals surface area contributed by atoms with Crippen LogP contribution in [-0.2, 0) is 0 Å². The highest BCUT2D eigenvalue weighted by Crippen LogP contribution is 2.86. The quantitative estimate of drug-likeness (QED) is 0.321. The van der Waals surface area contributed by atoms with E-state index in [-0.39, 0.29) is 0 Å². The smallest absolute Gasteiger partial charge is 0.0901 e. The molecule has 0 amide bonds. The van der Waals surface area contributed by atoms with E-state index < -0.39 is 14.8 Å². The first kappa shape index (κ1) is 31.6. The van der Waals surface area contributed by atoms with Gasteiger partial charge in [-0.25, -0.2) is 0 Å².